The maximum absolute atomic E-state index is 13.6. The van der Waals surface area contributed by atoms with E-state index in [1.807, 2.05) is 0 Å². The molecule has 0 spiro atoms. The first kappa shape index (κ1) is 15.8. The van der Waals surface area contributed by atoms with Crippen LogP contribution in [0.5, 0.6) is 0 Å². The number of hydrazone groups is 1. The fraction of sp³-hybridized carbons (Fsp3) is 0.429. The van der Waals surface area contributed by atoms with E-state index in [4.69, 9.17) is 17.0 Å². The van der Waals surface area contributed by atoms with Crippen molar-refractivity contribution < 1.29 is 13.5 Å². The van der Waals surface area contributed by atoms with Crippen molar-refractivity contribution in [3.8, 4) is 0 Å². The van der Waals surface area contributed by atoms with Crippen LogP contribution in [0.3, 0.4) is 0 Å². The molecule has 1 saturated heterocycles. The van der Waals surface area contributed by atoms with E-state index in [1.165, 1.54) is 25.1 Å². The van der Waals surface area contributed by atoms with Gasteiger partial charge in [0, 0.05) is 13.2 Å². The van der Waals surface area contributed by atoms with Crippen LogP contribution in [0.15, 0.2) is 23.3 Å². The van der Waals surface area contributed by atoms with Gasteiger partial charge in [0.05, 0.1) is 17.4 Å². The average Bonchev–Trinajstić information content (AvgIpc) is 2.96. The van der Waals surface area contributed by atoms with Gasteiger partial charge in [-0.2, -0.15) is 5.10 Å². The first-order valence-corrected chi connectivity index (χ1v) is 7.13. The lowest BCUT2D eigenvalue weighted by Gasteiger charge is -2.12. The molecule has 0 bridgehead atoms. The van der Waals surface area contributed by atoms with E-state index in [9.17, 15) is 8.78 Å². The number of benzene rings is 1. The molecule has 1 aromatic rings. The van der Waals surface area contributed by atoms with E-state index in [-0.39, 0.29) is 17.4 Å². The Hall–Kier alpha value is -1.60. The second-order valence-corrected chi connectivity index (χ2v) is 5.16. The Bertz CT molecular complexity index is 525. The second kappa shape index (κ2) is 7.42. The van der Waals surface area contributed by atoms with Gasteiger partial charge in [-0.1, -0.05) is 6.07 Å². The van der Waals surface area contributed by atoms with E-state index >= 15 is 0 Å². The summed E-state index contributed by atoms with van der Waals surface area (Å²) in [6.45, 7) is 2.88. The minimum Gasteiger partial charge on any atom is -0.376 e. The molecule has 0 amide bonds. The Balaban J connectivity index is 1.89. The summed E-state index contributed by atoms with van der Waals surface area (Å²) in [6, 6.07) is 3.68. The van der Waals surface area contributed by atoms with Gasteiger partial charge in [-0.25, -0.2) is 8.78 Å². The molecular weight excluding hydrogens is 296 g/mol. The minimum atomic E-state index is -0.656. The van der Waals surface area contributed by atoms with E-state index in [0.29, 0.717) is 11.7 Å². The molecule has 1 aromatic carbocycles. The van der Waals surface area contributed by atoms with Crippen molar-refractivity contribution in [3.63, 3.8) is 0 Å². The summed E-state index contributed by atoms with van der Waals surface area (Å²) < 4.78 is 32.6. The molecule has 0 aliphatic carbocycles. The average molecular weight is 313 g/mol. The zero-order valence-corrected chi connectivity index (χ0v) is 12.5. The fourth-order valence-corrected chi connectivity index (χ4v) is 2.21. The van der Waals surface area contributed by atoms with Gasteiger partial charge in [0.15, 0.2) is 5.11 Å². The number of hydrogen-bond acceptors (Lipinski definition) is 3. The van der Waals surface area contributed by atoms with Crippen LogP contribution in [-0.2, 0) is 4.74 Å². The normalized spacial score (nSPS) is 18.6. The number of nitrogens with zero attached hydrogens (tertiary/aromatic N) is 1. The summed E-state index contributed by atoms with van der Waals surface area (Å²) in [7, 11) is 0. The standard InChI is InChI=1S/C14H17F2N3OS/c1-9(13-11(15)5-2-6-12(13)16)18-19-14(21)17-8-10-4-3-7-20-10/h2,5-6,10H,3-4,7-8H2,1H3,(H2,17,19,21)/b18-9-/t10-/m1/s1. The van der Waals surface area contributed by atoms with Gasteiger partial charge < -0.3 is 10.1 Å². The molecule has 7 heteroatoms. The first-order valence-electron chi connectivity index (χ1n) is 6.72. The Labute approximate surface area is 127 Å². The third-order valence-electron chi connectivity index (χ3n) is 3.16. The monoisotopic (exact) mass is 313 g/mol. The smallest absolute Gasteiger partial charge is 0.187 e. The summed E-state index contributed by atoms with van der Waals surface area (Å²) >= 11 is 5.05. The molecule has 2 rings (SSSR count). The lowest BCUT2D eigenvalue weighted by Crippen LogP contribution is -2.37. The molecule has 0 saturated carbocycles. The van der Waals surface area contributed by atoms with Gasteiger partial charge in [0.1, 0.15) is 11.6 Å². The highest BCUT2D eigenvalue weighted by Crippen LogP contribution is 2.13. The summed E-state index contributed by atoms with van der Waals surface area (Å²) in [5, 5.41) is 7.16. The predicted molar refractivity (Wildman–Crippen MR) is 81.3 cm³/mol. The molecule has 2 N–H and O–H groups in total. The quantitative estimate of drug-likeness (QED) is 0.509. The molecule has 1 atom stereocenters. The molecule has 4 nitrogen and oxygen atoms in total. The predicted octanol–water partition coefficient (Wildman–Crippen LogP) is 2.33. The Morgan fingerprint density at radius 2 is 2.14 bits per heavy atom. The lowest BCUT2D eigenvalue weighted by atomic mass is 10.1. The summed E-state index contributed by atoms with van der Waals surface area (Å²) in [6.07, 6.45) is 2.20. The highest BCUT2D eigenvalue weighted by atomic mass is 32.1. The number of nitrogens with one attached hydrogen (secondary N) is 2. The van der Waals surface area contributed by atoms with Crippen LogP contribution >= 0.6 is 12.2 Å². The largest absolute Gasteiger partial charge is 0.376 e. The molecule has 0 aromatic heterocycles. The molecule has 1 aliphatic rings. The third kappa shape index (κ3) is 4.44. The molecule has 0 radical (unpaired) electrons. The number of hydrogen-bond donors (Lipinski definition) is 2. The van der Waals surface area contributed by atoms with Gasteiger partial charge in [-0.15, -0.1) is 0 Å². The van der Waals surface area contributed by atoms with Crippen molar-refractivity contribution in [3.05, 3.63) is 35.4 Å². The van der Waals surface area contributed by atoms with Gasteiger partial charge in [0.25, 0.3) is 0 Å². The number of rotatable bonds is 4. The number of ether oxygens (including phenoxy) is 1. The summed E-state index contributed by atoms with van der Waals surface area (Å²) in [4.78, 5) is 0. The van der Waals surface area contributed by atoms with Crippen LogP contribution < -0.4 is 10.7 Å². The highest BCUT2D eigenvalue weighted by molar-refractivity contribution is 7.80. The number of halogens is 2. The van der Waals surface area contributed by atoms with E-state index in [1.54, 1.807) is 0 Å². The highest BCUT2D eigenvalue weighted by Gasteiger charge is 2.15. The van der Waals surface area contributed by atoms with Crippen LogP contribution in [0.2, 0.25) is 0 Å². The lowest BCUT2D eigenvalue weighted by molar-refractivity contribution is 0.114. The molecular formula is C14H17F2N3OS. The summed E-state index contributed by atoms with van der Waals surface area (Å²) in [5.41, 5.74) is 2.61. The topological polar surface area (TPSA) is 45.7 Å². The van der Waals surface area contributed by atoms with E-state index < -0.39 is 11.6 Å². The van der Waals surface area contributed by atoms with Crippen LogP contribution in [0.4, 0.5) is 8.78 Å². The van der Waals surface area contributed by atoms with Crippen molar-refractivity contribution in [2.24, 2.45) is 5.10 Å². The van der Waals surface area contributed by atoms with Gasteiger partial charge in [0.2, 0.25) is 0 Å². The number of thiocarbonyl (C=S) groups is 1. The van der Waals surface area contributed by atoms with Crippen molar-refractivity contribution >= 4 is 23.0 Å². The Morgan fingerprint density at radius 1 is 1.43 bits per heavy atom. The van der Waals surface area contributed by atoms with E-state index in [2.05, 4.69) is 15.8 Å². The van der Waals surface area contributed by atoms with Crippen molar-refractivity contribution in [1.29, 1.82) is 0 Å². The zero-order valence-electron chi connectivity index (χ0n) is 11.7. The molecule has 21 heavy (non-hydrogen) atoms. The van der Waals surface area contributed by atoms with Crippen molar-refractivity contribution in [2.75, 3.05) is 13.2 Å². The minimum absolute atomic E-state index is 0.152. The Kier molecular flexibility index (Phi) is 5.58. The maximum Gasteiger partial charge on any atom is 0.187 e. The molecule has 114 valence electrons. The molecule has 0 unspecified atom stereocenters. The maximum atomic E-state index is 13.6. The van der Waals surface area contributed by atoms with Crippen LogP contribution in [0, 0.1) is 11.6 Å². The van der Waals surface area contributed by atoms with Gasteiger partial charge in [-0.3, -0.25) is 5.43 Å². The van der Waals surface area contributed by atoms with Crippen LogP contribution in [0.1, 0.15) is 25.3 Å². The Morgan fingerprint density at radius 3 is 2.76 bits per heavy atom. The van der Waals surface area contributed by atoms with Crippen molar-refractivity contribution in [1.82, 2.24) is 10.7 Å². The van der Waals surface area contributed by atoms with Crippen LogP contribution in [-0.4, -0.2) is 30.1 Å². The van der Waals surface area contributed by atoms with Gasteiger partial charge >= 0.3 is 0 Å². The zero-order chi connectivity index (χ0) is 15.2. The van der Waals surface area contributed by atoms with Gasteiger partial charge in [-0.05, 0) is 44.1 Å². The molecule has 1 aliphatic heterocycles. The molecule has 1 heterocycles. The second-order valence-electron chi connectivity index (χ2n) is 4.75. The summed E-state index contributed by atoms with van der Waals surface area (Å²) in [5.74, 6) is -1.31. The first-order chi connectivity index (χ1) is 10.1. The fourth-order valence-electron chi connectivity index (χ4n) is 2.09. The SMILES string of the molecule is C/C(=N/NC(=S)NC[C@H]1CCCO1)c1c(F)cccc1F. The van der Waals surface area contributed by atoms with E-state index in [0.717, 1.165) is 19.4 Å². The van der Waals surface area contributed by atoms with Crippen molar-refractivity contribution in [2.45, 2.75) is 25.9 Å². The third-order valence-corrected chi connectivity index (χ3v) is 3.40. The van der Waals surface area contributed by atoms with Crippen LogP contribution in [0.25, 0.3) is 0 Å². The molecule has 1 fully saturated rings.